The van der Waals surface area contributed by atoms with E-state index in [1.165, 1.54) is 29.1 Å². The molecule has 0 amide bonds. The third-order valence-electron chi connectivity index (χ3n) is 5.66. The molecule has 3 heterocycles. The smallest absolute Gasteiger partial charge is 0.390 e. The van der Waals surface area contributed by atoms with E-state index in [9.17, 15) is 14.0 Å². The average molecular weight is 425 g/mol. The van der Waals surface area contributed by atoms with Gasteiger partial charge < -0.3 is 4.42 Å². The highest BCUT2D eigenvalue weighted by atomic mass is 19.1. The van der Waals surface area contributed by atoms with E-state index in [0.717, 1.165) is 16.3 Å². The number of fused-ring (bicyclic) bond motifs is 1. The Hall–Kier alpha value is -3.69. The van der Waals surface area contributed by atoms with Crippen molar-refractivity contribution in [3.05, 3.63) is 86.6 Å². The van der Waals surface area contributed by atoms with Crippen LogP contribution < -0.4 is 11.3 Å². The Balaban J connectivity index is 1.39. The summed E-state index contributed by atoms with van der Waals surface area (Å²) in [5.74, 6) is -1.24. The maximum Gasteiger partial charge on any atom is 0.437 e. The number of rotatable bonds is 4. The van der Waals surface area contributed by atoms with Gasteiger partial charge in [-0.3, -0.25) is 9.36 Å². The minimum atomic E-state index is -1.73. The molecule has 10 heteroatoms. The highest BCUT2D eigenvalue weighted by Crippen LogP contribution is 2.50. The first kappa shape index (κ1) is 19.3. The van der Waals surface area contributed by atoms with Gasteiger partial charge in [-0.15, -0.1) is 5.10 Å². The highest BCUT2D eigenvalue weighted by Gasteiger charge is 2.48. The zero-order chi connectivity index (χ0) is 21.8. The standard InChI is InChI=1S/C21H17F2N5O3/c1-12-5-6-24-18-17(12)19(29)27(11-25-18)10-16-26-28(20(30)31-16)15-8-21(23,9-15)13-3-2-4-14(22)7-13/h2-7,11,15H,8-10H2,1H3/t15-,21+. The van der Waals surface area contributed by atoms with Crippen molar-refractivity contribution in [3.63, 3.8) is 0 Å². The first-order chi connectivity index (χ1) is 14.8. The summed E-state index contributed by atoms with van der Waals surface area (Å²) in [5.41, 5.74) is -0.757. The molecule has 1 aliphatic rings. The molecule has 4 aromatic rings. The maximum absolute atomic E-state index is 15.1. The molecule has 31 heavy (non-hydrogen) atoms. The summed E-state index contributed by atoms with van der Waals surface area (Å²) in [6.07, 6.45) is 2.84. The summed E-state index contributed by atoms with van der Waals surface area (Å²) in [5, 5.41) is 4.52. The van der Waals surface area contributed by atoms with Gasteiger partial charge in [0, 0.05) is 19.0 Å². The number of pyridine rings is 1. The van der Waals surface area contributed by atoms with Crippen molar-refractivity contribution in [3.8, 4) is 0 Å². The van der Waals surface area contributed by atoms with Crippen molar-refractivity contribution in [2.75, 3.05) is 0 Å². The predicted octanol–water partition coefficient (Wildman–Crippen LogP) is 2.64. The molecule has 0 spiro atoms. The van der Waals surface area contributed by atoms with Crippen LogP contribution in [0.25, 0.3) is 11.0 Å². The molecule has 158 valence electrons. The Morgan fingerprint density at radius 1 is 1.23 bits per heavy atom. The Morgan fingerprint density at radius 3 is 2.81 bits per heavy atom. The van der Waals surface area contributed by atoms with Gasteiger partial charge in [0.1, 0.15) is 24.4 Å². The van der Waals surface area contributed by atoms with Crippen LogP contribution in [0.5, 0.6) is 0 Å². The lowest BCUT2D eigenvalue weighted by Crippen LogP contribution is -2.42. The first-order valence-electron chi connectivity index (χ1n) is 9.68. The first-order valence-corrected chi connectivity index (χ1v) is 9.68. The van der Waals surface area contributed by atoms with E-state index in [1.54, 1.807) is 19.2 Å². The summed E-state index contributed by atoms with van der Waals surface area (Å²) >= 11 is 0. The van der Waals surface area contributed by atoms with Gasteiger partial charge in [0.2, 0.25) is 5.89 Å². The number of aromatic nitrogens is 5. The molecule has 0 atom stereocenters. The van der Waals surface area contributed by atoms with E-state index in [1.807, 2.05) is 0 Å². The fourth-order valence-corrected chi connectivity index (χ4v) is 3.97. The third kappa shape index (κ3) is 3.24. The fraction of sp³-hybridized carbons (Fsp3) is 0.286. The van der Waals surface area contributed by atoms with Crippen LogP contribution in [0.1, 0.15) is 35.9 Å². The molecule has 1 aliphatic carbocycles. The van der Waals surface area contributed by atoms with Gasteiger partial charge in [-0.1, -0.05) is 12.1 Å². The molecule has 1 fully saturated rings. The molecular weight excluding hydrogens is 408 g/mol. The fourth-order valence-electron chi connectivity index (χ4n) is 3.97. The molecule has 0 unspecified atom stereocenters. The zero-order valence-corrected chi connectivity index (χ0v) is 16.5. The number of nitrogens with zero attached hydrogens (tertiary/aromatic N) is 5. The third-order valence-corrected chi connectivity index (χ3v) is 5.66. The summed E-state index contributed by atoms with van der Waals surface area (Å²) < 4.78 is 36.0. The van der Waals surface area contributed by atoms with Gasteiger partial charge in [0.15, 0.2) is 5.65 Å². The molecular formula is C21H17F2N5O3. The lowest BCUT2D eigenvalue weighted by atomic mass is 9.73. The minimum Gasteiger partial charge on any atom is -0.390 e. The highest BCUT2D eigenvalue weighted by molar-refractivity contribution is 5.76. The monoisotopic (exact) mass is 425 g/mol. The van der Waals surface area contributed by atoms with E-state index in [-0.39, 0.29) is 36.4 Å². The van der Waals surface area contributed by atoms with Gasteiger partial charge >= 0.3 is 5.76 Å². The second-order valence-electron chi connectivity index (χ2n) is 7.75. The van der Waals surface area contributed by atoms with Gasteiger partial charge in [-0.05, 0) is 36.2 Å². The summed E-state index contributed by atoms with van der Waals surface area (Å²) in [6, 6.07) is 6.57. The van der Waals surface area contributed by atoms with E-state index in [2.05, 4.69) is 15.1 Å². The second kappa shape index (κ2) is 6.93. The summed E-state index contributed by atoms with van der Waals surface area (Å²) in [7, 11) is 0. The van der Waals surface area contributed by atoms with Gasteiger partial charge in [0.05, 0.1) is 11.4 Å². The molecule has 0 saturated heterocycles. The quantitative estimate of drug-likeness (QED) is 0.499. The lowest BCUT2D eigenvalue weighted by Gasteiger charge is -2.40. The van der Waals surface area contributed by atoms with Crippen molar-refractivity contribution in [2.24, 2.45) is 0 Å². The van der Waals surface area contributed by atoms with Crippen molar-refractivity contribution in [2.45, 2.75) is 38.0 Å². The van der Waals surface area contributed by atoms with Crippen molar-refractivity contribution in [1.29, 1.82) is 0 Å². The Morgan fingerprint density at radius 2 is 2.03 bits per heavy atom. The number of halogens is 2. The van der Waals surface area contributed by atoms with Crippen LogP contribution in [0.2, 0.25) is 0 Å². The van der Waals surface area contributed by atoms with Crippen LogP contribution in [0.15, 0.2) is 56.9 Å². The molecule has 5 rings (SSSR count). The van der Waals surface area contributed by atoms with Crippen LogP contribution in [0.3, 0.4) is 0 Å². The molecule has 1 saturated carbocycles. The molecule has 3 aromatic heterocycles. The number of benzene rings is 1. The molecule has 0 aliphatic heterocycles. The topological polar surface area (TPSA) is 95.8 Å². The summed E-state index contributed by atoms with van der Waals surface area (Å²) in [4.78, 5) is 33.3. The van der Waals surface area contributed by atoms with E-state index in [0.29, 0.717) is 11.0 Å². The van der Waals surface area contributed by atoms with Crippen molar-refractivity contribution < 1.29 is 13.2 Å². The van der Waals surface area contributed by atoms with Gasteiger partial charge in [0.25, 0.3) is 5.56 Å². The van der Waals surface area contributed by atoms with Gasteiger partial charge in [-0.25, -0.2) is 23.5 Å². The second-order valence-corrected chi connectivity index (χ2v) is 7.75. The van der Waals surface area contributed by atoms with Crippen LogP contribution in [0, 0.1) is 12.7 Å². The van der Waals surface area contributed by atoms with Gasteiger partial charge in [-0.2, -0.15) is 4.68 Å². The van der Waals surface area contributed by atoms with E-state index in [4.69, 9.17) is 4.42 Å². The summed E-state index contributed by atoms with van der Waals surface area (Å²) in [6.45, 7) is 1.68. The number of aryl methyl sites for hydroxylation is 1. The molecule has 0 bridgehead atoms. The molecule has 0 N–H and O–H groups in total. The number of hydrogen-bond donors (Lipinski definition) is 0. The maximum atomic E-state index is 15.1. The Labute approximate surface area is 173 Å². The predicted molar refractivity (Wildman–Crippen MR) is 106 cm³/mol. The largest absolute Gasteiger partial charge is 0.437 e. The minimum absolute atomic E-state index is 0.0110. The van der Waals surface area contributed by atoms with Crippen molar-refractivity contribution >= 4 is 11.0 Å². The van der Waals surface area contributed by atoms with E-state index >= 15 is 4.39 Å². The van der Waals surface area contributed by atoms with Crippen LogP contribution in [0.4, 0.5) is 8.78 Å². The average Bonchev–Trinajstić information content (AvgIpc) is 3.07. The SMILES string of the molecule is Cc1ccnc2ncn(Cc3nn([C@H]4C[C@](F)(c5cccc(F)c5)C4)c(=O)o3)c(=O)c12. The lowest BCUT2D eigenvalue weighted by molar-refractivity contribution is 0.00154. The Bertz CT molecular complexity index is 1420. The molecule has 1 aromatic carbocycles. The van der Waals surface area contributed by atoms with Crippen LogP contribution in [-0.2, 0) is 12.2 Å². The van der Waals surface area contributed by atoms with Crippen LogP contribution >= 0.6 is 0 Å². The zero-order valence-electron chi connectivity index (χ0n) is 16.5. The Kier molecular flexibility index (Phi) is 4.31. The normalized spacial score (nSPS) is 20.7. The number of alkyl halides is 1. The molecule has 0 radical (unpaired) electrons. The molecule has 8 nitrogen and oxygen atoms in total. The van der Waals surface area contributed by atoms with E-state index < -0.39 is 23.3 Å². The number of hydrogen-bond acceptors (Lipinski definition) is 6. The van der Waals surface area contributed by atoms with Crippen molar-refractivity contribution in [1.82, 2.24) is 24.3 Å². The van der Waals surface area contributed by atoms with Crippen LogP contribution in [-0.4, -0.2) is 24.3 Å².